The second-order valence-electron chi connectivity index (χ2n) is 5.63. The summed E-state index contributed by atoms with van der Waals surface area (Å²) < 4.78 is 38.7. The molecule has 0 aliphatic heterocycles. The van der Waals surface area contributed by atoms with Gasteiger partial charge in [0.25, 0.3) is 10.1 Å². The van der Waals surface area contributed by atoms with Crippen LogP contribution >= 0.6 is 0 Å². The Morgan fingerprint density at radius 3 is 2.35 bits per heavy atom. The van der Waals surface area contributed by atoms with E-state index in [1.54, 1.807) is 39.0 Å². The summed E-state index contributed by atoms with van der Waals surface area (Å²) in [5.74, 6) is 0. The fourth-order valence-corrected chi connectivity index (χ4v) is 2.41. The van der Waals surface area contributed by atoms with Crippen molar-refractivity contribution in [3.05, 3.63) is 30.3 Å². The monoisotopic (exact) mass is 345 g/mol. The summed E-state index contributed by atoms with van der Waals surface area (Å²) in [4.78, 5) is 11.4. The minimum absolute atomic E-state index is 0.0936. The van der Waals surface area contributed by atoms with E-state index in [2.05, 4.69) is 5.32 Å². The molecule has 1 rings (SSSR count). The van der Waals surface area contributed by atoms with Crippen LogP contribution < -0.4 is 5.32 Å². The van der Waals surface area contributed by atoms with Gasteiger partial charge in [0.2, 0.25) is 0 Å². The van der Waals surface area contributed by atoms with Gasteiger partial charge in [-0.25, -0.2) is 4.79 Å². The molecular formula is C15H23NO6S. The lowest BCUT2D eigenvalue weighted by atomic mass is 10.2. The molecular weight excluding hydrogens is 322 g/mol. The molecule has 0 heterocycles. The molecule has 0 unspecified atom stereocenters. The van der Waals surface area contributed by atoms with E-state index in [-0.39, 0.29) is 31.3 Å². The number of nitrogens with one attached hydrogen (secondary N) is 1. The van der Waals surface area contributed by atoms with Crippen LogP contribution in [0.1, 0.15) is 20.8 Å². The van der Waals surface area contributed by atoms with Crippen molar-refractivity contribution in [2.24, 2.45) is 0 Å². The van der Waals surface area contributed by atoms with E-state index >= 15 is 0 Å². The van der Waals surface area contributed by atoms with E-state index in [1.165, 1.54) is 12.1 Å². The molecule has 0 bridgehead atoms. The topological polar surface area (TPSA) is 90.9 Å². The summed E-state index contributed by atoms with van der Waals surface area (Å²) in [6.45, 7) is 5.81. The maximum absolute atomic E-state index is 11.8. The Hall–Kier alpha value is -1.64. The van der Waals surface area contributed by atoms with Gasteiger partial charge in [0.1, 0.15) is 5.60 Å². The van der Waals surface area contributed by atoms with E-state index in [0.717, 1.165) is 0 Å². The largest absolute Gasteiger partial charge is 0.444 e. The Bertz CT molecular complexity index is 580. The van der Waals surface area contributed by atoms with Crippen LogP contribution in [0.15, 0.2) is 35.2 Å². The smallest absolute Gasteiger partial charge is 0.407 e. The molecule has 1 amide bonds. The number of alkyl carbamates (subject to hydrolysis) is 1. The molecule has 8 heteroatoms. The van der Waals surface area contributed by atoms with Crippen molar-refractivity contribution >= 4 is 16.2 Å². The van der Waals surface area contributed by atoms with E-state index in [0.29, 0.717) is 0 Å². The molecule has 0 fully saturated rings. The van der Waals surface area contributed by atoms with E-state index in [1.807, 2.05) is 0 Å². The average molecular weight is 345 g/mol. The molecule has 0 atom stereocenters. The quantitative estimate of drug-likeness (QED) is 0.572. The van der Waals surface area contributed by atoms with Gasteiger partial charge in [0.15, 0.2) is 0 Å². The molecule has 1 N–H and O–H groups in total. The Morgan fingerprint density at radius 2 is 1.74 bits per heavy atom. The first-order chi connectivity index (χ1) is 10.7. The van der Waals surface area contributed by atoms with Gasteiger partial charge in [0, 0.05) is 6.54 Å². The van der Waals surface area contributed by atoms with Gasteiger partial charge in [-0.1, -0.05) is 18.2 Å². The maximum atomic E-state index is 11.8. The van der Waals surface area contributed by atoms with E-state index in [9.17, 15) is 13.2 Å². The minimum Gasteiger partial charge on any atom is -0.444 e. The fraction of sp³-hybridized carbons (Fsp3) is 0.533. The van der Waals surface area contributed by atoms with Gasteiger partial charge in [0.05, 0.1) is 24.7 Å². The average Bonchev–Trinajstić information content (AvgIpc) is 2.45. The lowest BCUT2D eigenvalue weighted by Crippen LogP contribution is -2.34. The SMILES string of the molecule is CC(C)(C)OC(=O)NCCOCCOS(=O)(=O)c1ccccc1. The zero-order valence-electron chi connectivity index (χ0n) is 13.6. The molecule has 0 aromatic heterocycles. The number of hydrogen-bond acceptors (Lipinski definition) is 6. The van der Waals surface area contributed by atoms with E-state index in [4.69, 9.17) is 13.7 Å². The standard InChI is InChI=1S/C15H23NO6S/c1-15(2,3)22-14(17)16-9-10-20-11-12-21-23(18,19)13-7-5-4-6-8-13/h4-8H,9-12H2,1-3H3,(H,16,17). The van der Waals surface area contributed by atoms with Crippen molar-refractivity contribution in [2.75, 3.05) is 26.4 Å². The summed E-state index contributed by atoms with van der Waals surface area (Å²) in [7, 11) is -3.76. The Morgan fingerprint density at radius 1 is 1.09 bits per heavy atom. The van der Waals surface area contributed by atoms with Crippen LogP contribution in [-0.4, -0.2) is 46.5 Å². The number of carbonyl (C=O) groups excluding carboxylic acids is 1. The van der Waals surface area contributed by atoms with Gasteiger partial charge in [-0.05, 0) is 32.9 Å². The number of benzene rings is 1. The molecule has 0 saturated heterocycles. The third-order valence-electron chi connectivity index (χ3n) is 2.41. The highest BCUT2D eigenvalue weighted by atomic mass is 32.2. The first kappa shape index (κ1) is 19.4. The summed E-state index contributed by atoms with van der Waals surface area (Å²) in [6.07, 6.45) is -0.524. The molecule has 23 heavy (non-hydrogen) atoms. The highest BCUT2D eigenvalue weighted by molar-refractivity contribution is 7.86. The third-order valence-corrected chi connectivity index (χ3v) is 3.74. The zero-order valence-corrected chi connectivity index (χ0v) is 14.4. The number of hydrogen-bond donors (Lipinski definition) is 1. The number of carbonyl (C=O) groups is 1. The van der Waals surface area contributed by atoms with Crippen LogP contribution in [0.4, 0.5) is 4.79 Å². The maximum Gasteiger partial charge on any atom is 0.407 e. The van der Waals surface area contributed by atoms with Crippen LogP contribution in [0.2, 0.25) is 0 Å². The number of rotatable bonds is 8. The molecule has 1 aromatic rings. The number of amides is 1. The molecule has 0 radical (unpaired) electrons. The van der Waals surface area contributed by atoms with Gasteiger partial charge in [-0.15, -0.1) is 0 Å². The highest BCUT2D eigenvalue weighted by Crippen LogP contribution is 2.10. The van der Waals surface area contributed by atoms with Crippen molar-refractivity contribution in [3.63, 3.8) is 0 Å². The first-order valence-corrected chi connectivity index (χ1v) is 8.61. The van der Waals surface area contributed by atoms with Gasteiger partial charge >= 0.3 is 6.09 Å². The lowest BCUT2D eigenvalue weighted by molar-refractivity contribution is 0.0490. The van der Waals surface area contributed by atoms with Crippen LogP contribution in [0.5, 0.6) is 0 Å². The first-order valence-electron chi connectivity index (χ1n) is 7.20. The van der Waals surface area contributed by atoms with Gasteiger partial charge < -0.3 is 14.8 Å². The van der Waals surface area contributed by atoms with Crippen LogP contribution in [0.3, 0.4) is 0 Å². The molecule has 1 aromatic carbocycles. The van der Waals surface area contributed by atoms with Crippen LogP contribution in [0.25, 0.3) is 0 Å². The lowest BCUT2D eigenvalue weighted by Gasteiger charge is -2.19. The minimum atomic E-state index is -3.76. The van der Waals surface area contributed by atoms with Crippen molar-refractivity contribution in [1.29, 1.82) is 0 Å². The molecule has 0 aliphatic rings. The van der Waals surface area contributed by atoms with E-state index < -0.39 is 21.8 Å². The van der Waals surface area contributed by atoms with Crippen molar-refractivity contribution in [1.82, 2.24) is 5.32 Å². The Balaban J connectivity index is 2.13. The van der Waals surface area contributed by atoms with Crippen molar-refractivity contribution < 1.29 is 26.9 Å². The predicted molar refractivity (Wildman–Crippen MR) is 84.6 cm³/mol. The predicted octanol–water partition coefficient (Wildman–Crippen LogP) is 1.93. The molecule has 0 spiro atoms. The summed E-state index contributed by atoms with van der Waals surface area (Å²) in [5.41, 5.74) is -0.551. The fourth-order valence-electron chi connectivity index (χ4n) is 1.50. The summed E-state index contributed by atoms with van der Waals surface area (Å²) >= 11 is 0. The van der Waals surface area contributed by atoms with Gasteiger partial charge in [-0.3, -0.25) is 4.18 Å². The Labute approximate surface area is 137 Å². The molecule has 0 saturated carbocycles. The molecule has 0 aliphatic carbocycles. The second-order valence-corrected chi connectivity index (χ2v) is 7.25. The summed E-state index contributed by atoms with van der Waals surface area (Å²) in [5, 5.41) is 2.53. The van der Waals surface area contributed by atoms with Crippen LogP contribution in [0, 0.1) is 0 Å². The summed E-state index contributed by atoms with van der Waals surface area (Å²) in [6, 6.07) is 7.88. The van der Waals surface area contributed by atoms with Crippen LogP contribution in [-0.2, 0) is 23.8 Å². The number of ether oxygens (including phenoxy) is 2. The third kappa shape index (κ3) is 8.53. The zero-order chi connectivity index (χ0) is 17.3. The van der Waals surface area contributed by atoms with Crippen molar-refractivity contribution in [2.45, 2.75) is 31.3 Å². The Kier molecular flexibility index (Phi) is 7.47. The molecule has 130 valence electrons. The normalized spacial score (nSPS) is 12.0. The highest BCUT2D eigenvalue weighted by Gasteiger charge is 2.15. The molecule has 7 nitrogen and oxygen atoms in total. The van der Waals surface area contributed by atoms with Crippen molar-refractivity contribution in [3.8, 4) is 0 Å². The second kappa shape index (κ2) is 8.85. The van der Waals surface area contributed by atoms with Gasteiger partial charge in [-0.2, -0.15) is 8.42 Å².